The second-order valence-electron chi connectivity index (χ2n) is 9.33. The Morgan fingerprint density at radius 2 is 1.58 bits per heavy atom. The molecule has 164 valence electrons. The van der Waals surface area contributed by atoms with Gasteiger partial charge in [-0.1, -0.05) is 30.3 Å². The molecular formula is C27H35N3O. The summed E-state index contributed by atoms with van der Waals surface area (Å²) in [4.78, 5) is 4.94. The summed E-state index contributed by atoms with van der Waals surface area (Å²) in [5.74, 6) is 0. The number of aromatic nitrogens is 1. The molecule has 1 fully saturated rings. The summed E-state index contributed by atoms with van der Waals surface area (Å²) < 4.78 is 7.79. The van der Waals surface area contributed by atoms with Crippen LogP contribution < -0.4 is 4.90 Å². The Balaban J connectivity index is 1.47. The third-order valence-corrected chi connectivity index (χ3v) is 6.40. The quantitative estimate of drug-likeness (QED) is 0.552. The maximum atomic E-state index is 5.56. The number of hydrogen-bond acceptors (Lipinski definition) is 3. The molecule has 0 aliphatic carbocycles. The fourth-order valence-electron chi connectivity index (χ4n) is 4.29. The number of anilines is 1. The van der Waals surface area contributed by atoms with Gasteiger partial charge in [-0.05, 0) is 61.9 Å². The van der Waals surface area contributed by atoms with Crippen molar-refractivity contribution >= 4 is 5.69 Å². The maximum absolute atomic E-state index is 5.56. The summed E-state index contributed by atoms with van der Waals surface area (Å²) >= 11 is 0. The van der Waals surface area contributed by atoms with Crippen LogP contribution in [0.5, 0.6) is 0 Å². The predicted molar refractivity (Wildman–Crippen MR) is 130 cm³/mol. The first-order valence-corrected chi connectivity index (χ1v) is 11.3. The molecule has 0 amide bonds. The molecule has 31 heavy (non-hydrogen) atoms. The van der Waals surface area contributed by atoms with Crippen molar-refractivity contribution in [3.63, 3.8) is 0 Å². The van der Waals surface area contributed by atoms with Crippen molar-refractivity contribution in [2.75, 3.05) is 45.2 Å². The lowest BCUT2D eigenvalue weighted by atomic mass is 9.98. The number of ether oxygens (including phenoxy) is 1. The second kappa shape index (κ2) is 9.29. The van der Waals surface area contributed by atoms with Gasteiger partial charge < -0.3 is 19.1 Å². The first-order valence-electron chi connectivity index (χ1n) is 11.3. The highest BCUT2D eigenvalue weighted by Crippen LogP contribution is 2.25. The largest absolute Gasteiger partial charge is 0.378 e. The highest BCUT2D eigenvalue weighted by Gasteiger charge is 2.18. The average Bonchev–Trinajstić information content (AvgIpc) is 3.24. The zero-order chi connectivity index (χ0) is 21.8. The van der Waals surface area contributed by atoms with Crippen LogP contribution >= 0.6 is 0 Å². The Morgan fingerprint density at radius 1 is 0.871 bits per heavy atom. The van der Waals surface area contributed by atoms with Crippen molar-refractivity contribution in [3.8, 4) is 5.69 Å². The molecule has 0 bridgehead atoms. The SMILES string of the molecule is COC(C)(C)Cc1ccc(-n2ccc(Cc3ccccc3N3CCN(C)CC3)c2)cc1. The highest BCUT2D eigenvalue weighted by atomic mass is 16.5. The van der Waals surface area contributed by atoms with Gasteiger partial charge in [-0.2, -0.15) is 0 Å². The van der Waals surface area contributed by atoms with Crippen LogP contribution in [-0.4, -0.2) is 55.4 Å². The highest BCUT2D eigenvalue weighted by molar-refractivity contribution is 5.55. The molecule has 0 unspecified atom stereocenters. The van der Waals surface area contributed by atoms with Gasteiger partial charge in [0.1, 0.15) is 0 Å². The summed E-state index contributed by atoms with van der Waals surface area (Å²) in [6.07, 6.45) is 6.29. The van der Waals surface area contributed by atoms with E-state index in [1.807, 2.05) is 0 Å². The van der Waals surface area contributed by atoms with Crippen LogP contribution in [0.15, 0.2) is 67.0 Å². The molecule has 0 radical (unpaired) electrons. The number of para-hydroxylation sites is 1. The Hall–Kier alpha value is -2.56. The standard InChI is InChI=1S/C27H35N3O/c1-27(2,31-4)20-22-9-11-25(12-10-22)30-14-13-23(21-30)19-24-7-5-6-8-26(24)29-17-15-28(3)16-18-29/h5-14,21H,15-20H2,1-4H3. The Kier molecular flexibility index (Phi) is 6.49. The lowest BCUT2D eigenvalue weighted by Crippen LogP contribution is -2.44. The van der Waals surface area contributed by atoms with E-state index in [-0.39, 0.29) is 5.60 Å². The molecule has 1 aromatic heterocycles. The minimum atomic E-state index is -0.140. The number of nitrogens with zero attached hydrogens (tertiary/aromatic N) is 3. The summed E-state index contributed by atoms with van der Waals surface area (Å²) in [5.41, 5.74) is 6.47. The minimum Gasteiger partial charge on any atom is -0.378 e. The van der Waals surface area contributed by atoms with Gasteiger partial charge >= 0.3 is 0 Å². The van der Waals surface area contributed by atoms with Gasteiger partial charge in [0.25, 0.3) is 0 Å². The Bertz CT molecular complexity index is 982. The number of hydrogen-bond donors (Lipinski definition) is 0. The van der Waals surface area contributed by atoms with Crippen LogP contribution in [0.2, 0.25) is 0 Å². The molecule has 0 saturated carbocycles. The topological polar surface area (TPSA) is 20.6 Å². The smallest absolute Gasteiger partial charge is 0.0662 e. The third kappa shape index (κ3) is 5.38. The maximum Gasteiger partial charge on any atom is 0.0662 e. The van der Waals surface area contributed by atoms with E-state index >= 15 is 0 Å². The fourth-order valence-corrected chi connectivity index (χ4v) is 4.29. The summed E-state index contributed by atoms with van der Waals surface area (Å²) in [7, 11) is 3.98. The van der Waals surface area contributed by atoms with Gasteiger partial charge in [-0.15, -0.1) is 0 Å². The van der Waals surface area contributed by atoms with E-state index in [9.17, 15) is 0 Å². The van der Waals surface area contributed by atoms with Crippen LogP contribution in [0.25, 0.3) is 5.69 Å². The molecule has 4 nitrogen and oxygen atoms in total. The van der Waals surface area contributed by atoms with E-state index in [1.165, 1.54) is 28.1 Å². The average molecular weight is 418 g/mol. The molecule has 4 heteroatoms. The third-order valence-electron chi connectivity index (χ3n) is 6.40. The van der Waals surface area contributed by atoms with E-state index in [1.54, 1.807) is 7.11 Å². The van der Waals surface area contributed by atoms with Crippen LogP contribution in [0.1, 0.15) is 30.5 Å². The first kappa shape index (κ1) is 21.7. The van der Waals surface area contributed by atoms with Crippen molar-refractivity contribution < 1.29 is 4.74 Å². The molecule has 0 N–H and O–H groups in total. The van der Waals surface area contributed by atoms with Gasteiger partial charge in [-0.25, -0.2) is 0 Å². The van der Waals surface area contributed by atoms with E-state index < -0.39 is 0 Å². The number of methoxy groups -OCH3 is 1. The van der Waals surface area contributed by atoms with Crippen molar-refractivity contribution in [1.82, 2.24) is 9.47 Å². The second-order valence-corrected chi connectivity index (χ2v) is 9.33. The number of benzene rings is 2. The molecule has 1 aliphatic heterocycles. The summed E-state index contributed by atoms with van der Waals surface area (Å²) in [6, 6.07) is 19.9. The van der Waals surface area contributed by atoms with Crippen LogP contribution in [-0.2, 0) is 17.6 Å². The number of piperazine rings is 1. The molecule has 1 saturated heterocycles. The Morgan fingerprint density at radius 3 is 2.29 bits per heavy atom. The lowest BCUT2D eigenvalue weighted by molar-refractivity contribution is 0.0232. The molecule has 3 aromatic rings. The molecule has 2 heterocycles. The van der Waals surface area contributed by atoms with Crippen LogP contribution in [0, 0.1) is 0 Å². The molecule has 1 aliphatic rings. The number of rotatable bonds is 7. The minimum absolute atomic E-state index is 0.140. The van der Waals surface area contributed by atoms with Gasteiger partial charge in [0, 0.05) is 69.9 Å². The zero-order valence-electron chi connectivity index (χ0n) is 19.3. The van der Waals surface area contributed by atoms with E-state index in [4.69, 9.17) is 4.74 Å². The van der Waals surface area contributed by atoms with E-state index in [0.717, 1.165) is 39.0 Å². The van der Waals surface area contributed by atoms with E-state index in [2.05, 4.69) is 102 Å². The molecule has 0 spiro atoms. The van der Waals surface area contributed by atoms with Crippen molar-refractivity contribution in [2.24, 2.45) is 0 Å². The summed E-state index contributed by atoms with van der Waals surface area (Å²) in [5, 5.41) is 0. The van der Waals surface area contributed by atoms with Crippen LogP contribution in [0.3, 0.4) is 0 Å². The predicted octanol–water partition coefficient (Wildman–Crippen LogP) is 4.79. The fraction of sp³-hybridized carbons (Fsp3) is 0.407. The monoisotopic (exact) mass is 417 g/mol. The molecule has 4 rings (SSSR count). The lowest BCUT2D eigenvalue weighted by Gasteiger charge is -2.35. The van der Waals surface area contributed by atoms with Gasteiger partial charge in [0.2, 0.25) is 0 Å². The van der Waals surface area contributed by atoms with Gasteiger partial charge in [0.15, 0.2) is 0 Å². The molecular weight excluding hydrogens is 382 g/mol. The number of likely N-dealkylation sites (N-methyl/N-ethyl adjacent to an activating group) is 1. The van der Waals surface area contributed by atoms with Crippen molar-refractivity contribution in [2.45, 2.75) is 32.3 Å². The Labute approximate surface area is 187 Å². The molecule has 0 atom stereocenters. The van der Waals surface area contributed by atoms with Crippen molar-refractivity contribution in [1.29, 1.82) is 0 Å². The van der Waals surface area contributed by atoms with Gasteiger partial charge in [0.05, 0.1) is 5.60 Å². The summed E-state index contributed by atoms with van der Waals surface area (Å²) in [6.45, 7) is 8.70. The molecule has 2 aromatic carbocycles. The van der Waals surface area contributed by atoms with E-state index in [0.29, 0.717) is 0 Å². The van der Waals surface area contributed by atoms with Crippen LogP contribution in [0.4, 0.5) is 5.69 Å². The normalized spacial score (nSPS) is 15.4. The van der Waals surface area contributed by atoms with Crippen molar-refractivity contribution in [3.05, 3.63) is 83.7 Å². The van der Waals surface area contributed by atoms with Gasteiger partial charge in [-0.3, -0.25) is 0 Å². The zero-order valence-corrected chi connectivity index (χ0v) is 19.3. The first-order chi connectivity index (χ1) is 14.9.